The lowest BCUT2D eigenvalue weighted by atomic mass is 10.1. The molecule has 1 heterocycles. The highest BCUT2D eigenvalue weighted by molar-refractivity contribution is 5.98. The third-order valence-electron chi connectivity index (χ3n) is 3.40. The Hall–Kier alpha value is -3.48. The topological polar surface area (TPSA) is 89.3 Å². The van der Waals surface area contributed by atoms with Crippen LogP contribution in [0, 0.1) is 5.82 Å². The highest BCUT2D eigenvalue weighted by Gasteiger charge is 2.02. The number of aliphatic imine (C=N–C) groups is 1. The van der Waals surface area contributed by atoms with Gasteiger partial charge in [-0.15, -0.1) is 0 Å². The number of amidine groups is 1. The van der Waals surface area contributed by atoms with Crippen LogP contribution in [-0.2, 0) is 6.54 Å². The number of nitrogens with zero attached hydrogens (tertiary/aromatic N) is 4. The highest BCUT2D eigenvalue weighted by Crippen LogP contribution is 2.16. The number of halogens is 1. The molecule has 3 aromatic rings. The van der Waals surface area contributed by atoms with Crippen LogP contribution in [-0.4, -0.2) is 25.7 Å². The first-order valence-electron chi connectivity index (χ1n) is 7.52. The van der Waals surface area contributed by atoms with Gasteiger partial charge in [0.1, 0.15) is 30.1 Å². The Kier molecular flexibility index (Phi) is 4.84. The van der Waals surface area contributed by atoms with Crippen LogP contribution in [0.1, 0.15) is 11.1 Å². The first kappa shape index (κ1) is 16.4. The van der Waals surface area contributed by atoms with Crippen LogP contribution < -0.4 is 5.73 Å². The summed E-state index contributed by atoms with van der Waals surface area (Å²) >= 11 is 0. The molecule has 0 radical (unpaired) electrons. The molecule has 2 aromatic carbocycles. The van der Waals surface area contributed by atoms with E-state index in [9.17, 15) is 9.50 Å². The number of nitrogens with two attached hydrogens (primary N) is 1. The minimum absolute atomic E-state index is 0.0833. The Balaban J connectivity index is 1.77. The van der Waals surface area contributed by atoms with Gasteiger partial charge in [0.2, 0.25) is 0 Å². The van der Waals surface area contributed by atoms with E-state index in [0.29, 0.717) is 17.8 Å². The van der Waals surface area contributed by atoms with Gasteiger partial charge in [-0.3, -0.25) is 0 Å². The summed E-state index contributed by atoms with van der Waals surface area (Å²) in [6.45, 7) is 0.569. The molecule has 0 aliphatic carbocycles. The van der Waals surface area contributed by atoms with E-state index in [4.69, 9.17) is 5.73 Å². The summed E-state index contributed by atoms with van der Waals surface area (Å²) in [4.78, 5) is 8.17. The van der Waals surface area contributed by atoms with Gasteiger partial charge < -0.3 is 10.8 Å². The molecule has 0 saturated heterocycles. The zero-order valence-corrected chi connectivity index (χ0v) is 13.2. The van der Waals surface area contributed by atoms with Gasteiger partial charge in [0.05, 0.1) is 12.2 Å². The van der Waals surface area contributed by atoms with Gasteiger partial charge >= 0.3 is 0 Å². The van der Waals surface area contributed by atoms with Gasteiger partial charge in [-0.25, -0.2) is 19.0 Å². The van der Waals surface area contributed by atoms with E-state index < -0.39 is 0 Å². The van der Waals surface area contributed by atoms with E-state index in [1.165, 1.54) is 36.7 Å². The third-order valence-corrected chi connectivity index (χ3v) is 3.40. The molecule has 0 bridgehead atoms. The second kappa shape index (κ2) is 7.39. The molecule has 0 fully saturated rings. The fraction of sp³-hybridized carbons (Fsp3) is 0.0556. The quantitative estimate of drug-likeness (QED) is 0.425. The van der Waals surface area contributed by atoms with Crippen molar-refractivity contribution in [3.05, 3.63) is 84.2 Å². The number of rotatable bonds is 5. The number of aliphatic hydroxyl groups excluding tert-OH is 1. The van der Waals surface area contributed by atoms with E-state index in [-0.39, 0.29) is 17.4 Å². The summed E-state index contributed by atoms with van der Waals surface area (Å²) in [6.07, 6.45) is 4.44. The average Bonchev–Trinajstić information content (AvgIpc) is 3.08. The molecule has 0 atom stereocenters. The molecule has 1 aromatic heterocycles. The van der Waals surface area contributed by atoms with Gasteiger partial charge in [0, 0.05) is 11.6 Å². The molecular formula is C18H16FN5O. The van der Waals surface area contributed by atoms with Crippen molar-refractivity contribution in [1.29, 1.82) is 0 Å². The lowest BCUT2D eigenvalue weighted by molar-refractivity contribution is 0.512. The van der Waals surface area contributed by atoms with E-state index in [0.717, 1.165) is 5.56 Å². The molecule has 126 valence electrons. The van der Waals surface area contributed by atoms with Crippen LogP contribution in [0.4, 0.5) is 10.1 Å². The molecule has 0 aliphatic rings. The largest absolute Gasteiger partial charge is 0.507 e. The molecule has 6 nitrogen and oxygen atoms in total. The molecule has 3 N–H and O–H groups in total. The van der Waals surface area contributed by atoms with Gasteiger partial charge in [0.25, 0.3) is 0 Å². The summed E-state index contributed by atoms with van der Waals surface area (Å²) in [5.41, 5.74) is 7.97. The number of benzene rings is 2. The van der Waals surface area contributed by atoms with Crippen LogP contribution in [0.25, 0.3) is 5.76 Å². The van der Waals surface area contributed by atoms with Gasteiger partial charge in [-0.05, 0) is 42.0 Å². The lowest BCUT2D eigenvalue weighted by Gasteiger charge is -2.03. The van der Waals surface area contributed by atoms with E-state index in [1.807, 2.05) is 18.2 Å². The summed E-state index contributed by atoms with van der Waals surface area (Å²) < 4.78 is 14.6. The van der Waals surface area contributed by atoms with Crippen molar-refractivity contribution in [2.75, 3.05) is 0 Å². The minimum Gasteiger partial charge on any atom is -0.507 e. The third kappa shape index (κ3) is 4.51. The van der Waals surface area contributed by atoms with E-state index in [1.54, 1.807) is 17.1 Å². The van der Waals surface area contributed by atoms with Gasteiger partial charge in [0.15, 0.2) is 0 Å². The Bertz CT molecular complexity index is 901. The molecule has 0 amide bonds. The van der Waals surface area contributed by atoms with Crippen molar-refractivity contribution in [3.63, 3.8) is 0 Å². The lowest BCUT2D eigenvalue weighted by Crippen LogP contribution is -2.08. The predicted octanol–water partition coefficient (Wildman–Crippen LogP) is 3.05. The Morgan fingerprint density at radius 3 is 2.76 bits per heavy atom. The first-order valence-corrected chi connectivity index (χ1v) is 7.52. The summed E-state index contributed by atoms with van der Waals surface area (Å²) in [6, 6.07) is 12.9. The van der Waals surface area contributed by atoms with Crippen LogP contribution in [0.3, 0.4) is 0 Å². The minimum atomic E-state index is -0.373. The van der Waals surface area contributed by atoms with E-state index in [2.05, 4.69) is 15.1 Å². The fourth-order valence-corrected chi connectivity index (χ4v) is 2.25. The van der Waals surface area contributed by atoms with Crippen molar-refractivity contribution in [2.24, 2.45) is 10.7 Å². The normalized spacial score (nSPS) is 12.4. The molecule has 25 heavy (non-hydrogen) atoms. The highest BCUT2D eigenvalue weighted by atomic mass is 19.1. The van der Waals surface area contributed by atoms with Crippen molar-refractivity contribution in [3.8, 4) is 0 Å². The Labute approximate surface area is 143 Å². The molecule has 0 unspecified atom stereocenters. The Morgan fingerprint density at radius 2 is 2.04 bits per heavy atom. The maximum Gasteiger partial charge on any atom is 0.137 e. The van der Waals surface area contributed by atoms with Crippen molar-refractivity contribution in [1.82, 2.24) is 14.8 Å². The SMILES string of the molecule is NC(/C=C(\O)c1ccc(F)cc1)=Nc1cccc(Cn2cncn2)c1. The van der Waals surface area contributed by atoms with Crippen molar-refractivity contribution < 1.29 is 9.50 Å². The zero-order valence-electron chi connectivity index (χ0n) is 13.2. The van der Waals surface area contributed by atoms with Crippen LogP contribution in [0.2, 0.25) is 0 Å². The van der Waals surface area contributed by atoms with Crippen molar-refractivity contribution in [2.45, 2.75) is 6.54 Å². The van der Waals surface area contributed by atoms with Crippen molar-refractivity contribution >= 4 is 17.3 Å². The number of aliphatic hydroxyl groups is 1. The second-order valence-electron chi connectivity index (χ2n) is 5.34. The van der Waals surface area contributed by atoms with E-state index >= 15 is 0 Å². The molecule has 0 spiro atoms. The fourth-order valence-electron chi connectivity index (χ4n) is 2.25. The van der Waals surface area contributed by atoms with Gasteiger partial charge in [-0.1, -0.05) is 12.1 Å². The van der Waals surface area contributed by atoms with Gasteiger partial charge in [-0.2, -0.15) is 5.10 Å². The molecule has 7 heteroatoms. The smallest absolute Gasteiger partial charge is 0.137 e. The van der Waals surface area contributed by atoms with Crippen LogP contribution >= 0.6 is 0 Å². The number of hydrogen-bond acceptors (Lipinski definition) is 4. The molecular weight excluding hydrogens is 321 g/mol. The predicted molar refractivity (Wildman–Crippen MR) is 93.9 cm³/mol. The number of aromatic nitrogens is 3. The standard InChI is InChI=1S/C18H16FN5O/c19-15-6-4-14(5-7-15)17(25)9-18(20)23-16-3-1-2-13(8-16)10-24-12-21-11-22-24/h1-9,11-12,25H,10H2,(H2,20,23)/b17-9-. The zero-order chi connectivity index (χ0) is 17.6. The molecule has 0 aliphatic heterocycles. The second-order valence-corrected chi connectivity index (χ2v) is 5.34. The summed E-state index contributed by atoms with van der Waals surface area (Å²) in [5, 5.41) is 14.1. The maximum absolute atomic E-state index is 12.9. The molecule has 0 saturated carbocycles. The Morgan fingerprint density at radius 1 is 1.24 bits per heavy atom. The number of hydrogen-bond donors (Lipinski definition) is 2. The summed E-state index contributed by atoms with van der Waals surface area (Å²) in [7, 11) is 0. The monoisotopic (exact) mass is 337 g/mol. The average molecular weight is 337 g/mol. The van der Waals surface area contributed by atoms with Crippen LogP contribution in [0.5, 0.6) is 0 Å². The maximum atomic E-state index is 12.9. The first-order chi connectivity index (χ1) is 12.1. The molecule has 3 rings (SSSR count). The van der Waals surface area contributed by atoms with Crippen LogP contribution in [0.15, 0.2) is 72.3 Å². The summed E-state index contributed by atoms with van der Waals surface area (Å²) in [5.74, 6) is -0.317.